The van der Waals surface area contributed by atoms with Crippen molar-refractivity contribution in [3.8, 4) is 11.3 Å². The standard InChI is InChI=1S/C13H16ClN3S/c1-8(15-2)12-11(17-13(16-3)18-12)9-5-4-6-10(14)7-9/h4-8,15H,1-3H3,(H,16,17). The lowest BCUT2D eigenvalue weighted by molar-refractivity contribution is 0.664. The third-order valence-electron chi connectivity index (χ3n) is 2.79. The molecule has 0 aliphatic carbocycles. The average Bonchev–Trinajstić information content (AvgIpc) is 2.82. The fraction of sp³-hybridized carbons (Fsp3) is 0.308. The van der Waals surface area contributed by atoms with Gasteiger partial charge in [0.25, 0.3) is 0 Å². The molecule has 2 aromatic rings. The van der Waals surface area contributed by atoms with Gasteiger partial charge in [-0.1, -0.05) is 35.1 Å². The van der Waals surface area contributed by atoms with E-state index in [1.54, 1.807) is 11.3 Å². The van der Waals surface area contributed by atoms with Crippen molar-refractivity contribution < 1.29 is 0 Å². The van der Waals surface area contributed by atoms with E-state index in [2.05, 4.69) is 22.5 Å². The lowest BCUT2D eigenvalue weighted by atomic mass is 10.1. The SMILES string of the molecule is CNc1nc(-c2cccc(Cl)c2)c(C(C)NC)s1. The zero-order valence-corrected chi connectivity index (χ0v) is 12.2. The molecule has 1 atom stereocenters. The Morgan fingerprint density at radius 2 is 2.11 bits per heavy atom. The van der Waals surface area contributed by atoms with Crippen molar-refractivity contribution in [2.45, 2.75) is 13.0 Å². The normalized spacial score (nSPS) is 12.4. The maximum atomic E-state index is 6.05. The van der Waals surface area contributed by atoms with Gasteiger partial charge in [-0.3, -0.25) is 0 Å². The number of hydrogen-bond acceptors (Lipinski definition) is 4. The van der Waals surface area contributed by atoms with Crippen LogP contribution in [-0.2, 0) is 0 Å². The first-order valence-corrected chi connectivity index (χ1v) is 6.96. The number of hydrogen-bond donors (Lipinski definition) is 2. The first kappa shape index (κ1) is 13.3. The molecule has 18 heavy (non-hydrogen) atoms. The van der Waals surface area contributed by atoms with E-state index >= 15 is 0 Å². The van der Waals surface area contributed by atoms with Gasteiger partial charge in [-0.25, -0.2) is 4.98 Å². The Morgan fingerprint density at radius 1 is 1.33 bits per heavy atom. The number of aromatic nitrogens is 1. The summed E-state index contributed by atoms with van der Waals surface area (Å²) >= 11 is 7.71. The van der Waals surface area contributed by atoms with E-state index < -0.39 is 0 Å². The summed E-state index contributed by atoms with van der Waals surface area (Å²) in [4.78, 5) is 5.83. The van der Waals surface area contributed by atoms with Crippen LogP contribution in [0.15, 0.2) is 24.3 Å². The molecule has 1 unspecified atom stereocenters. The molecule has 1 aromatic heterocycles. The molecule has 5 heteroatoms. The topological polar surface area (TPSA) is 37.0 Å². The summed E-state index contributed by atoms with van der Waals surface area (Å²) < 4.78 is 0. The highest BCUT2D eigenvalue weighted by Gasteiger charge is 2.17. The second-order valence-corrected chi connectivity index (χ2v) is 5.47. The summed E-state index contributed by atoms with van der Waals surface area (Å²) in [5.41, 5.74) is 2.05. The van der Waals surface area contributed by atoms with Crippen molar-refractivity contribution in [3.05, 3.63) is 34.2 Å². The van der Waals surface area contributed by atoms with Gasteiger partial charge in [0, 0.05) is 23.7 Å². The Morgan fingerprint density at radius 3 is 2.72 bits per heavy atom. The van der Waals surface area contributed by atoms with Crippen LogP contribution in [0.25, 0.3) is 11.3 Å². The van der Waals surface area contributed by atoms with Crippen molar-refractivity contribution in [3.63, 3.8) is 0 Å². The number of halogens is 1. The molecular formula is C13H16ClN3S. The molecule has 0 amide bonds. The van der Waals surface area contributed by atoms with Crippen LogP contribution in [0.2, 0.25) is 5.02 Å². The van der Waals surface area contributed by atoms with E-state index in [1.165, 1.54) is 4.88 Å². The second kappa shape index (κ2) is 5.69. The number of rotatable bonds is 4. The van der Waals surface area contributed by atoms with Crippen LogP contribution >= 0.6 is 22.9 Å². The quantitative estimate of drug-likeness (QED) is 0.895. The molecule has 0 bridgehead atoms. The van der Waals surface area contributed by atoms with Gasteiger partial charge >= 0.3 is 0 Å². The van der Waals surface area contributed by atoms with E-state index in [1.807, 2.05) is 38.4 Å². The van der Waals surface area contributed by atoms with Crippen LogP contribution in [0.5, 0.6) is 0 Å². The largest absolute Gasteiger partial charge is 0.365 e. The van der Waals surface area contributed by atoms with E-state index in [9.17, 15) is 0 Å². The number of anilines is 1. The van der Waals surface area contributed by atoms with E-state index in [-0.39, 0.29) is 6.04 Å². The van der Waals surface area contributed by atoms with Crippen LogP contribution in [0, 0.1) is 0 Å². The molecule has 0 aliphatic heterocycles. The predicted octanol–water partition coefficient (Wildman–Crippen LogP) is 3.79. The van der Waals surface area contributed by atoms with E-state index in [4.69, 9.17) is 11.6 Å². The van der Waals surface area contributed by atoms with Crippen molar-refractivity contribution in [1.82, 2.24) is 10.3 Å². The monoisotopic (exact) mass is 281 g/mol. The van der Waals surface area contributed by atoms with Crippen LogP contribution in [0.1, 0.15) is 17.8 Å². The molecule has 0 aliphatic rings. The van der Waals surface area contributed by atoms with Gasteiger partial charge in [-0.05, 0) is 26.1 Å². The van der Waals surface area contributed by atoms with Gasteiger partial charge < -0.3 is 10.6 Å². The fourth-order valence-electron chi connectivity index (χ4n) is 1.71. The second-order valence-electron chi connectivity index (χ2n) is 4.00. The Kier molecular flexibility index (Phi) is 4.22. The summed E-state index contributed by atoms with van der Waals surface area (Å²) in [6.45, 7) is 2.13. The minimum Gasteiger partial charge on any atom is -0.365 e. The molecule has 2 N–H and O–H groups in total. The minimum absolute atomic E-state index is 0.263. The van der Waals surface area contributed by atoms with Gasteiger partial charge in [0.2, 0.25) is 0 Å². The maximum Gasteiger partial charge on any atom is 0.183 e. The predicted molar refractivity (Wildman–Crippen MR) is 79.6 cm³/mol. The molecule has 0 fully saturated rings. The molecule has 0 saturated heterocycles. The number of thiazole rings is 1. The fourth-order valence-corrected chi connectivity index (χ4v) is 2.90. The summed E-state index contributed by atoms with van der Waals surface area (Å²) in [5.74, 6) is 0. The third kappa shape index (κ3) is 2.66. The highest BCUT2D eigenvalue weighted by molar-refractivity contribution is 7.16. The summed E-state index contributed by atoms with van der Waals surface area (Å²) in [5, 5.41) is 8.00. The van der Waals surface area contributed by atoms with Crippen LogP contribution in [-0.4, -0.2) is 19.1 Å². The summed E-state index contributed by atoms with van der Waals surface area (Å²) in [6.07, 6.45) is 0. The van der Waals surface area contributed by atoms with Crippen molar-refractivity contribution >= 4 is 28.1 Å². The highest BCUT2D eigenvalue weighted by atomic mass is 35.5. The molecule has 1 aromatic carbocycles. The third-order valence-corrected chi connectivity index (χ3v) is 4.28. The lowest BCUT2D eigenvalue weighted by Gasteiger charge is -2.09. The molecule has 0 saturated carbocycles. The van der Waals surface area contributed by atoms with Crippen molar-refractivity contribution in [2.75, 3.05) is 19.4 Å². The van der Waals surface area contributed by atoms with Gasteiger partial charge in [-0.15, -0.1) is 0 Å². The first-order chi connectivity index (χ1) is 8.65. The van der Waals surface area contributed by atoms with Crippen LogP contribution in [0.4, 0.5) is 5.13 Å². The number of benzene rings is 1. The Hall–Kier alpha value is -1.10. The molecule has 1 heterocycles. The molecule has 3 nitrogen and oxygen atoms in total. The Balaban J connectivity index is 2.51. The summed E-state index contributed by atoms with van der Waals surface area (Å²) in [6, 6.07) is 8.06. The first-order valence-electron chi connectivity index (χ1n) is 5.77. The number of nitrogens with zero attached hydrogens (tertiary/aromatic N) is 1. The molecule has 0 spiro atoms. The van der Waals surface area contributed by atoms with Crippen molar-refractivity contribution in [2.24, 2.45) is 0 Å². The molecule has 96 valence electrons. The van der Waals surface area contributed by atoms with Gasteiger partial charge in [-0.2, -0.15) is 0 Å². The Labute approximate surface area is 116 Å². The van der Waals surface area contributed by atoms with Crippen LogP contribution in [0.3, 0.4) is 0 Å². The maximum absolute atomic E-state index is 6.05. The molecular weight excluding hydrogens is 266 g/mol. The highest BCUT2D eigenvalue weighted by Crippen LogP contribution is 2.35. The van der Waals surface area contributed by atoms with Crippen LogP contribution < -0.4 is 10.6 Å². The summed E-state index contributed by atoms with van der Waals surface area (Å²) in [7, 11) is 3.83. The molecule has 0 radical (unpaired) electrons. The number of nitrogens with one attached hydrogen (secondary N) is 2. The minimum atomic E-state index is 0.263. The zero-order chi connectivity index (χ0) is 13.1. The zero-order valence-electron chi connectivity index (χ0n) is 10.6. The molecule has 2 rings (SSSR count). The van der Waals surface area contributed by atoms with Gasteiger partial charge in [0.05, 0.1) is 10.6 Å². The average molecular weight is 282 g/mol. The Bertz CT molecular complexity index is 539. The van der Waals surface area contributed by atoms with Gasteiger partial charge in [0.15, 0.2) is 5.13 Å². The van der Waals surface area contributed by atoms with Crippen molar-refractivity contribution in [1.29, 1.82) is 0 Å². The van der Waals surface area contributed by atoms with Gasteiger partial charge in [0.1, 0.15) is 0 Å². The van der Waals surface area contributed by atoms with E-state index in [0.29, 0.717) is 0 Å². The van der Waals surface area contributed by atoms with E-state index in [0.717, 1.165) is 21.4 Å². The smallest absolute Gasteiger partial charge is 0.183 e. The lowest BCUT2D eigenvalue weighted by Crippen LogP contribution is -2.11.